The zero-order valence-corrected chi connectivity index (χ0v) is 8.81. The van der Waals surface area contributed by atoms with Crippen LogP contribution in [-0.4, -0.2) is 16.6 Å². The number of hydrazone groups is 1. The number of hydrogen-bond donors (Lipinski definition) is 2. The quantitative estimate of drug-likeness (QED) is 0.572. The molecule has 0 bridgehead atoms. The number of nitrogens with one attached hydrogen (secondary N) is 2. The van der Waals surface area contributed by atoms with Crippen molar-refractivity contribution in [3.05, 3.63) is 36.2 Å². The lowest BCUT2D eigenvalue weighted by Crippen LogP contribution is -2.35. The van der Waals surface area contributed by atoms with Gasteiger partial charge in [0, 0.05) is 17.8 Å². The van der Waals surface area contributed by atoms with Crippen LogP contribution in [0.2, 0.25) is 0 Å². The van der Waals surface area contributed by atoms with Crippen LogP contribution < -0.4 is 5.43 Å². The van der Waals surface area contributed by atoms with Crippen LogP contribution in [0.25, 0.3) is 0 Å². The number of hydrogen-bond acceptors (Lipinski definition) is 2. The first-order valence-electron chi connectivity index (χ1n) is 5.51. The van der Waals surface area contributed by atoms with Gasteiger partial charge in [-0.1, -0.05) is 12.2 Å². The molecule has 1 amide bonds. The van der Waals surface area contributed by atoms with Crippen LogP contribution in [0.5, 0.6) is 0 Å². The Hall–Kier alpha value is -1.84. The van der Waals surface area contributed by atoms with Gasteiger partial charge in [0.25, 0.3) is 5.91 Å². The molecule has 1 saturated carbocycles. The van der Waals surface area contributed by atoms with Crippen molar-refractivity contribution in [2.75, 3.05) is 0 Å². The number of amides is 1. The topological polar surface area (TPSA) is 57.2 Å². The van der Waals surface area contributed by atoms with E-state index in [0.29, 0.717) is 17.5 Å². The van der Waals surface area contributed by atoms with Crippen molar-refractivity contribution in [2.24, 2.45) is 16.9 Å². The summed E-state index contributed by atoms with van der Waals surface area (Å²) < 4.78 is 0. The molecule has 82 valence electrons. The van der Waals surface area contributed by atoms with Crippen LogP contribution in [0.3, 0.4) is 0 Å². The number of nitrogens with zero attached hydrogens (tertiary/aromatic N) is 1. The van der Waals surface area contributed by atoms with Gasteiger partial charge < -0.3 is 4.98 Å². The molecule has 2 N–H and O–H groups in total. The number of fused-ring (bicyclic) bond motifs is 1. The minimum absolute atomic E-state index is 0.174. The summed E-state index contributed by atoms with van der Waals surface area (Å²) in [7, 11) is 0. The Morgan fingerprint density at radius 1 is 1.56 bits per heavy atom. The van der Waals surface area contributed by atoms with E-state index in [1.165, 1.54) is 0 Å². The Morgan fingerprint density at radius 3 is 3.25 bits per heavy atom. The van der Waals surface area contributed by atoms with Crippen molar-refractivity contribution >= 4 is 11.6 Å². The van der Waals surface area contributed by atoms with E-state index in [1.54, 1.807) is 18.3 Å². The fourth-order valence-electron chi connectivity index (χ4n) is 2.32. The first kappa shape index (κ1) is 9.39. The first-order valence-corrected chi connectivity index (χ1v) is 5.51. The van der Waals surface area contributed by atoms with Crippen LogP contribution in [0.15, 0.2) is 35.6 Å². The standard InChI is InChI=1S/C12H13N3O/c16-12(10-5-2-6-13-10)15-14-11-7-8-3-1-4-9(8)11/h1-3,5-6,8-9,13H,4,7H2,(H,15,16)/b14-11-/t8-,9-/m0/s1. The fraction of sp³-hybridized carbons (Fsp3) is 0.333. The average Bonchev–Trinajstić information content (AvgIpc) is 2.88. The van der Waals surface area contributed by atoms with Crippen molar-refractivity contribution in [3.63, 3.8) is 0 Å². The van der Waals surface area contributed by atoms with Crippen LogP contribution >= 0.6 is 0 Å². The van der Waals surface area contributed by atoms with Gasteiger partial charge in [-0.05, 0) is 30.9 Å². The third kappa shape index (κ3) is 1.46. The smallest absolute Gasteiger partial charge is 0.287 e. The summed E-state index contributed by atoms with van der Waals surface area (Å²) in [5.74, 6) is 1.04. The molecule has 2 aliphatic carbocycles. The highest BCUT2D eigenvalue weighted by Crippen LogP contribution is 2.39. The molecule has 4 heteroatoms. The molecular weight excluding hydrogens is 202 g/mol. The second-order valence-electron chi connectivity index (χ2n) is 4.27. The fourth-order valence-corrected chi connectivity index (χ4v) is 2.32. The lowest BCUT2D eigenvalue weighted by atomic mass is 9.74. The summed E-state index contributed by atoms with van der Waals surface area (Å²) in [5.41, 5.74) is 4.26. The zero-order valence-electron chi connectivity index (χ0n) is 8.81. The maximum atomic E-state index is 11.6. The lowest BCUT2D eigenvalue weighted by Gasteiger charge is -2.31. The van der Waals surface area contributed by atoms with Crippen molar-refractivity contribution < 1.29 is 4.79 Å². The highest BCUT2D eigenvalue weighted by atomic mass is 16.2. The Kier molecular flexibility index (Phi) is 2.13. The molecule has 1 heterocycles. The first-order chi connectivity index (χ1) is 7.84. The molecule has 2 atom stereocenters. The molecular formula is C12H13N3O. The van der Waals surface area contributed by atoms with Crippen LogP contribution in [-0.2, 0) is 0 Å². The zero-order chi connectivity index (χ0) is 11.0. The summed E-state index contributed by atoms with van der Waals surface area (Å²) in [6, 6.07) is 3.53. The van der Waals surface area contributed by atoms with E-state index in [4.69, 9.17) is 0 Å². The third-order valence-electron chi connectivity index (χ3n) is 3.31. The maximum absolute atomic E-state index is 11.6. The van der Waals surface area contributed by atoms with Crippen molar-refractivity contribution in [2.45, 2.75) is 12.8 Å². The van der Waals surface area contributed by atoms with E-state index in [-0.39, 0.29) is 5.91 Å². The maximum Gasteiger partial charge on any atom is 0.287 e. The SMILES string of the molecule is O=C(N/N=C1/C[C@@H]2C=CC[C@H]12)c1ccc[nH]1. The van der Waals surface area contributed by atoms with Gasteiger partial charge >= 0.3 is 0 Å². The molecule has 0 radical (unpaired) electrons. The Bertz CT molecular complexity index is 459. The molecule has 0 aliphatic heterocycles. The van der Waals surface area contributed by atoms with Gasteiger partial charge in [0.15, 0.2) is 0 Å². The minimum atomic E-state index is -0.174. The number of rotatable bonds is 2. The summed E-state index contributed by atoms with van der Waals surface area (Å²) >= 11 is 0. The number of allylic oxidation sites excluding steroid dienone is 2. The highest BCUT2D eigenvalue weighted by molar-refractivity contribution is 5.97. The van der Waals surface area contributed by atoms with Gasteiger partial charge in [-0.3, -0.25) is 4.79 Å². The van der Waals surface area contributed by atoms with Gasteiger partial charge in [-0.2, -0.15) is 5.10 Å². The van der Waals surface area contributed by atoms with E-state index in [2.05, 4.69) is 27.7 Å². The van der Waals surface area contributed by atoms with Crippen molar-refractivity contribution in [3.8, 4) is 0 Å². The van der Waals surface area contributed by atoms with Crippen LogP contribution in [0.4, 0.5) is 0 Å². The van der Waals surface area contributed by atoms with E-state index in [9.17, 15) is 4.79 Å². The number of carbonyl (C=O) groups excluding carboxylic acids is 1. The summed E-state index contributed by atoms with van der Waals surface area (Å²) in [6.45, 7) is 0. The molecule has 0 aromatic carbocycles. The summed E-state index contributed by atoms with van der Waals surface area (Å²) in [4.78, 5) is 14.4. The van der Waals surface area contributed by atoms with E-state index >= 15 is 0 Å². The second kappa shape index (κ2) is 3.63. The monoisotopic (exact) mass is 215 g/mol. The largest absolute Gasteiger partial charge is 0.357 e. The van der Waals surface area contributed by atoms with Gasteiger partial charge in [0.05, 0.1) is 0 Å². The Balaban J connectivity index is 1.61. The number of H-pyrrole nitrogens is 1. The number of aromatic amines is 1. The second-order valence-corrected chi connectivity index (χ2v) is 4.27. The van der Waals surface area contributed by atoms with Gasteiger partial charge in [-0.25, -0.2) is 5.43 Å². The normalized spacial score (nSPS) is 28.9. The third-order valence-corrected chi connectivity index (χ3v) is 3.31. The van der Waals surface area contributed by atoms with E-state index < -0.39 is 0 Å². The van der Waals surface area contributed by atoms with Gasteiger partial charge in [0.1, 0.15) is 5.69 Å². The van der Waals surface area contributed by atoms with E-state index in [0.717, 1.165) is 18.6 Å². The molecule has 0 unspecified atom stereocenters. The molecule has 2 aliphatic rings. The predicted molar refractivity (Wildman–Crippen MR) is 61.0 cm³/mol. The summed E-state index contributed by atoms with van der Waals surface area (Å²) in [5, 5.41) is 4.19. The summed E-state index contributed by atoms with van der Waals surface area (Å²) in [6.07, 6.45) is 8.23. The van der Waals surface area contributed by atoms with Crippen molar-refractivity contribution in [1.29, 1.82) is 0 Å². The molecule has 3 rings (SSSR count). The molecule has 1 aromatic heterocycles. The predicted octanol–water partition coefficient (Wildman–Crippen LogP) is 1.70. The molecule has 0 saturated heterocycles. The molecule has 1 fully saturated rings. The highest BCUT2D eigenvalue weighted by Gasteiger charge is 2.37. The minimum Gasteiger partial charge on any atom is -0.357 e. The molecule has 1 aromatic rings. The number of aromatic nitrogens is 1. The Morgan fingerprint density at radius 2 is 2.50 bits per heavy atom. The van der Waals surface area contributed by atoms with Crippen molar-refractivity contribution in [1.82, 2.24) is 10.4 Å². The van der Waals surface area contributed by atoms with Gasteiger partial charge in [0.2, 0.25) is 0 Å². The Labute approximate surface area is 93.4 Å². The number of carbonyl (C=O) groups is 1. The molecule has 0 spiro atoms. The molecule has 4 nitrogen and oxygen atoms in total. The van der Waals surface area contributed by atoms with Crippen LogP contribution in [0.1, 0.15) is 23.3 Å². The average molecular weight is 215 g/mol. The van der Waals surface area contributed by atoms with Gasteiger partial charge in [-0.15, -0.1) is 0 Å². The molecule has 16 heavy (non-hydrogen) atoms. The van der Waals surface area contributed by atoms with Crippen LogP contribution in [0, 0.1) is 11.8 Å². The van der Waals surface area contributed by atoms with E-state index in [1.807, 2.05) is 0 Å². The lowest BCUT2D eigenvalue weighted by molar-refractivity contribution is 0.0949.